The molecule has 3 rings (SSSR count). The van der Waals surface area contributed by atoms with Gasteiger partial charge < -0.3 is 10.1 Å². The minimum atomic E-state index is -0.316. The minimum absolute atomic E-state index is 0.140. The molecule has 0 aliphatic heterocycles. The minimum Gasteiger partial charge on any atom is -0.383 e. The number of carbonyl (C=O) groups is 1. The number of aryl methyl sites for hydroxylation is 2. The SMILES string of the molecule is COCCNC(=O)c1nc(-c2ccccc2)n(-c2cc(C)ccc2C)n1. The van der Waals surface area contributed by atoms with Gasteiger partial charge in [-0.25, -0.2) is 9.67 Å². The molecule has 0 aliphatic carbocycles. The summed E-state index contributed by atoms with van der Waals surface area (Å²) in [5.74, 6) is 0.459. The Hall–Kier alpha value is -2.99. The fraction of sp³-hybridized carbons (Fsp3) is 0.250. The van der Waals surface area contributed by atoms with Gasteiger partial charge in [0.1, 0.15) is 0 Å². The molecule has 0 aliphatic rings. The number of rotatable bonds is 6. The first-order valence-corrected chi connectivity index (χ1v) is 8.47. The van der Waals surface area contributed by atoms with E-state index in [1.165, 1.54) is 0 Å². The molecular weight excluding hydrogens is 328 g/mol. The largest absolute Gasteiger partial charge is 0.383 e. The Bertz CT molecular complexity index is 903. The van der Waals surface area contributed by atoms with Crippen LogP contribution in [0, 0.1) is 13.8 Å². The van der Waals surface area contributed by atoms with Crippen LogP contribution in [0.25, 0.3) is 17.1 Å². The quantitative estimate of drug-likeness (QED) is 0.694. The maximum absolute atomic E-state index is 12.4. The second-order valence-electron chi connectivity index (χ2n) is 6.08. The van der Waals surface area contributed by atoms with Crippen LogP contribution in [0.1, 0.15) is 21.7 Å². The van der Waals surface area contributed by atoms with Crippen molar-refractivity contribution in [3.8, 4) is 17.1 Å². The van der Waals surface area contributed by atoms with Crippen LogP contribution in [-0.4, -0.2) is 40.9 Å². The van der Waals surface area contributed by atoms with E-state index in [2.05, 4.69) is 21.5 Å². The number of aromatic nitrogens is 3. The summed E-state index contributed by atoms with van der Waals surface area (Å²) < 4.78 is 6.70. The summed E-state index contributed by atoms with van der Waals surface area (Å²) in [5.41, 5.74) is 3.99. The molecule has 3 aromatic rings. The standard InChI is InChI=1S/C20H22N4O2/c1-14-9-10-15(2)17(13-14)24-19(16-7-5-4-6-8-16)22-18(23-24)20(25)21-11-12-26-3/h4-10,13H,11-12H2,1-3H3,(H,21,25). The summed E-state index contributed by atoms with van der Waals surface area (Å²) in [7, 11) is 1.59. The van der Waals surface area contributed by atoms with E-state index in [1.807, 2.05) is 56.3 Å². The van der Waals surface area contributed by atoms with Gasteiger partial charge in [0.15, 0.2) is 5.82 Å². The van der Waals surface area contributed by atoms with Crippen LogP contribution in [-0.2, 0) is 4.74 Å². The fourth-order valence-corrected chi connectivity index (χ4v) is 2.64. The maximum atomic E-state index is 12.4. The van der Waals surface area contributed by atoms with Crippen molar-refractivity contribution < 1.29 is 9.53 Å². The molecule has 6 nitrogen and oxygen atoms in total. The topological polar surface area (TPSA) is 69.0 Å². The number of carbonyl (C=O) groups excluding carboxylic acids is 1. The third-order valence-corrected chi connectivity index (χ3v) is 4.03. The van der Waals surface area contributed by atoms with Crippen LogP contribution in [0.3, 0.4) is 0 Å². The molecule has 0 saturated carbocycles. The molecule has 0 bridgehead atoms. The molecule has 0 unspecified atom stereocenters. The Balaban J connectivity index is 2.07. The monoisotopic (exact) mass is 350 g/mol. The second-order valence-corrected chi connectivity index (χ2v) is 6.08. The highest BCUT2D eigenvalue weighted by Crippen LogP contribution is 2.23. The van der Waals surface area contributed by atoms with Gasteiger partial charge in [0.05, 0.1) is 12.3 Å². The van der Waals surface area contributed by atoms with E-state index in [0.717, 1.165) is 22.4 Å². The Morgan fingerprint density at radius 2 is 1.92 bits per heavy atom. The van der Waals surface area contributed by atoms with Crippen LogP contribution in [0.2, 0.25) is 0 Å². The van der Waals surface area contributed by atoms with Crippen molar-refractivity contribution in [2.45, 2.75) is 13.8 Å². The Morgan fingerprint density at radius 3 is 2.65 bits per heavy atom. The van der Waals surface area contributed by atoms with Gasteiger partial charge in [-0.05, 0) is 31.0 Å². The van der Waals surface area contributed by atoms with Crippen LogP contribution in [0.15, 0.2) is 48.5 Å². The third kappa shape index (κ3) is 3.81. The van der Waals surface area contributed by atoms with Gasteiger partial charge in [-0.1, -0.05) is 42.5 Å². The predicted molar refractivity (Wildman–Crippen MR) is 100 cm³/mol. The van der Waals surface area contributed by atoms with Gasteiger partial charge in [0.2, 0.25) is 5.82 Å². The van der Waals surface area contributed by atoms with Crippen molar-refractivity contribution in [2.75, 3.05) is 20.3 Å². The van der Waals surface area contributed by atoms with Crippen LogP contribution < -0.4 is 5.32 Å². The van der Waals surface area contributed by atoms with E-state index in [4.69, 9.17) is 4.74 Å². The van der Waals surface area contributed by atoms with Crippen LogP contribution in [0.4, 0.5) is 0 Å². The van der Waals surface area contributed by atoms with E-state index < -0.39 is 0 Å². The van der Waals surface area contributed by atoms with Gasteiger partial charge in [-0.3, -0.25) is 4.79 Å². The Morgan fingerprint density at radius 1 is 1.15 bits per heavy atom. The predicted octanol–water partition coefficient (Wildman–Crippen LogP) is 2.93. The van der Waals surface area contributed by atoms with Crippen molar-refractivity contribution in [2.24, 2.45) is 0 Å². The number of amides is 1. The molecule has 1 amide bonds. The lowest BCUT2D eigenvalue weighted by atomic mass is 10.1. The lowest BCUT2D eigenvalue weighted by Gasteiger charge is -2.10. The first-order chi connectivity index (χ1) is 12.6. The average molecular weight is 350 g/mol. The molecule has 0 radical (unpaired) electrons. The molecule has 1 aromatic heterocycles. The first kappa shape index (κ1) is 17.8. The number of methoxy groups -OCH3 is 1. The highest BCUT2D eigenvalue weighted by molar-refractivity contribution is 5.91. The Labute approximate surface area is 152 Å². The van der Waals surface area contributed by atoms with Gasteiger partial charge in [0.25, 0.3) is 5.91 Å². The second kappa shape index (κ2) is 7.93. The summed E-state index contributed by atoms with van der Waals surface area (Å²) in [6.07, 6.45) is 0. The van der Waals surface area contributed by atoms with Crippen molar-refractivity contribution in [3.05, 3.63) is 65.5 Å². The molecule has 26 heavy (non-hydrogen) atoms. The maximum Gasteiger partial charge on any atom is 0.291 e. The third-order valence-electron chi connectivity index (χ3n) is 4.03. The molecule has 134 valence electrons. The summed E-state index contributed by atoms with van der Waals surface area (Å²) in [6, 6.07) is 15.9. The zero-order chi connectivity index (χ0) is 18.5. The van der Waals surface area contributed by atoms with Gasteiger partial charge in [0, 0.05) is 19.2 Å². The smallest absolute Gasteiger partial charge is 0.291 e. The zero-order valence-corrected chi connectivity index (χ0v) is 15.2. The average Bonchev–Trinajstić information content (AvgIpc) is 3.10. The summed E-state index contributed by atoms with van der Waals surface area (Å²) in [6.45, 7) is 4.90. The first-order valence-electron chi connectivity index (χ1n) is 8.47. The fourth-order valence-electron chi connectivity index (χ4n) is 2.64. The van der Waals surface area contributed by atoms with E-state index in [1.54, 1.807) is 11.8 Å². The number of nitrogens with one attached hydrogen (secondary N) is 1. The number of benzene rings is 2. The molecule has 0 saturated heterocycles. The van der Waals surface area contributed by atoms with Crippen molar-refractivity contribution in [1.82, 2.24) is 20.1 Å². The normalized spacial score (nSPS) is 10.7. The summed E-state index contributed by atoms with van der Waals surface area (Å²) in [4.78, 5) is 16.9. The highest BCUT2D eigenvalue weighted by atomic mass is 16.5. The van der Waals surface area contributed by atoms with Crippen molar-refractivity contribution in [3.63, 3.8) is 0 Å². The molecule has 1 N–H and O–H groups in total. The van der Waals surface area contributed by atoms with Crippen molar-refractivity contribution >= 4 is 5.91 Å². The number of hydrogen-bond donors (Lipinski definition) is 1. The van der Waals surface area contributed by atoms with Crippen molar-refractivity contribution in [1.29, 1.82) is 0 Å². The summed E-state index contributed by atoms with van der Waals surface area (Å²) in [5, 5.41) is 7.26. The molecule has 1 heterocycles. The van der Waals surface area contributed by atoms with E-state index in [0.29, 0.717) is 19.0 Å². The summed E-state index contributed by atoms with van der Waals surface area (Å²) >= 11 is 0. The number of hydrogen-bond acceptors (Lipinski definition) is 4. The zero-order valence-electron chi connectivity index (χ0n) is 15.2. The van der Waals surface area contributed by atoms with Gasteiger partial charge >= 0.3 is 0 Å². The van der Waals surface area contributed by atoms with Crippen LogP contribution >= 0.6 is 0 Å². The van der Waals surface area contributed by atoms with E-state index >= 15 is 0 Å². The molecule has 2 aromatic carbocycles. The van der Waals surface area contributed by atoms with Crippen LogP contribution in [0.5, 0.6) is 0 Å². The molecule has 0 spiro atoms. The lowest BCUT2D eigenvalue weighted by molar-refractivity contribution is 0.0927. The number of nitrogens with zero attached hydrogens (tertiary/aromatic N) is 3. The molecule has 0 fully saturated rings. The number of ether oxygens (including phenoxy) is 1. The molecular formula is C20H22N4O2. The Kier molecular flexibility index (Phi) is 5.43. The highest BCUT2D eigenvalue weighted by Gasteiger charge is 2.19. The van der Waals surface area contributed by atoms with Gasteiger partial charge in [-0.2, -0.15) is 0 Å². The molecule has 6 heteroatoms. The van der Waals surface area contributed by atoms with E-state index in [9.17, 15) is 4.79 Å². The van der Waals surface area contributed by atoms with Gasteiger partial charge in [-0.15, -0.1) is 5.10 Å². The van der Waals surface area contributed by atoms with E-state index in [-0.39, 0.29) is 11.7 Å². The lowest BCUT2D eigenvalue weighted by Crippen LogP contribution is -2.28. The molecule has 0 atom stereocenters.